The lowest BCUT2D eigenvalue weighted by atomic mass is 10.0. The van der Waals surface area contributed by atoms with Gasteiger partial charge in [0.1, 0.15) is 11.5 Å². The number of carbonyl (C=O) groups excluding carboxylic acids is 2. The van der Waals surface area contributed by atoms with Gasteiger partial charge in [0.15, 0.2) is 0 Å². The van der Waals surface area contributed by atoms with Crippen molar-refractivity contribution in [3.63, 3.8) is 0 Å². The lowest BCUT2D eigenvalue weighted by molar-refractivity contribution is -0.0177. The first-order valence-corrected chi connectivity index (χ1v) is 17.4. The fourth-order valence-electron chi connectivity index (χ4n) is 5.75. The van der Waals surface area contributed by atoms with E-state index in [1.165, 1.54) is 0 Å². The summed E-state index contributed by atoms with van der Waals surface area (Å²) >= 11 is 12.4. The van der Waals surface area contributed by atoms with Crippen molar-refractivity contribution in [2.24, 2.45) is 5.92 Å². The molecule has 3 aromatic rings. The largest absolute Gasteiger partial charge is 0.497 e. The van der Waals surface area contributed by atoms with Gasteiger partial charge in [-0.1, -0.05) is 36.2 Å². The van der Waals surface area contributed by atoms with Crippen LogP contribution in [-0.2, 0) is 11.3 Å². The summed E-state index contributed by atoms with van der Waals surface area (Å²) in [6.07, 6.45) is 2.17. The van der Waals surface area contributed by atoms with E-state index in [0.717, 1.165) is 24.8 Å². The van der Waals surface area contributed by atoms with Crippen molar-refractivity contribution in [2.75, 3.05) is 51.1 Å². The first-order chi connectivity index (χ1) is 23.5. The molecule has 3 amide bonds. The van der Waals surface area contributed by atoms with E-state index in [1.807, 2.05) is 33.0 Å². The third-order valence-corrected chi connectivity index (χ3v) is 9.32. The van der Waals surface area contributed by atoms with Crippen LogP contribution in [0.5, 0.6) is 11.5 Å². The molecule has 3 aromatic carbocycles. The molecule has 0 saturated carbocycles. The summed E-state index contributed by atoms with van der Waals surface area (Å²) in [4.78, 5) is 31.1. The lowest BCUT2D eigenvalue weighted by Crippen LogP contribution is -2.47. The normalized spacial score (nSPS) is 19.7. The second-order valence-corrected chi connectivity index (χ2v) is 13.6. The van der Waals surface area contributed by atoms with Gasteiger partial charge >= 0.3 is 6.03 Å². The molecule has 0 aliphatic carbocycles. The number of likely N-dealkylation sites (N-methyl/N-ethyl adjacent to an activating group) is 1. The first kappa shape index (κ1) is 38.3. The summed E-state index contributed by atoms with van der Waals surface area (Å²) in [6, 6.07) is 16.7. The third-order valence-electron chi connectivity index (χ3n) is 8.59. The van der Waals surface area contributed by atoms with E-state index in [-0.39, 0.29) is 30.6 Å². The standard InChI is InChI=1S/C37H48Cl2N4O6/c1-24-20-43(25(2)23-44)36(45)31-19-29(41-37(46)40-28-10-13-30(47-5)14-11-28)12-16-34(31)49-26(3)8-6-7-17-48-35(24)22-42(4)21-27-9-15-32(38)33(39)18-27/h9-16,18-19,24-26,35,44H,6-8,17,20-23H2,1-5H3,(H2,40,41,46)/t24-,25-,26+,35-/m0/s1. The summed E-state index contributed by atoms with van der Waals surface area (Å²) in [5.74, 6) is 0.702. The van der Waals surface area contributed by atoms with Crippen LogP contribution in [-0.4, -0.2) is 85.6 Å². The summed E-state index contributed by atoms with van der Waals surface area (Å²) in [7, 11) is 3.60. The molecule has 3 N–H and O–H groups in total. The molecule has 1 heterocycles. The van der Waals surface area contributed by atoms with Crippen molar-refractivity contribution in [1.29, 1.82) is 0 Å². The zero-order chi connectivity index (χ0) is 35.5. The summed E-state index contributed by atoms with van der Waals surface area (Å²) in [6.45, 7) is 7.80. The number of halogens is 2. The van der Waals surface area contributed by atoms with Gasteiger partial charge in [-0.15, -0.1) is 0 Å². The number of aliphatic hydroxyl groups is 1. The molecule has 0 unspecified atom stereocenters. The fraction of sp³-hybridized carbons (Fsp3) is 0.459. The number of rotatable bonds is 9. The Morgan fingerprint density at radius 2 is 1.76 bits per heavy atom. The number of anilines is 2. The molecule has 266 valence electrons. The van der Waals surface area contributed by atoms with Gasteiger partial charge in [0.05, 0.1) is 47.6 Å². The minimum atomic E-state index is -0.488. The van der Waals surface area contributed by atoms with Gasteiger partial charge in [0, 0.05) is 43.5 Å². The van der Waals surface area contributed by atoms with Crippen LogP contribution in [0.25, 0.3) is 0 Å². The SMILES string of the molecule is COc1ccc(NC(=O)Nc2ccc3c(c2)C(=O)N([C@@H](C)CO)C[C@H](C)[C@H](CN(C)Cc2ccc(Cl)c(Cl)c2)OCCCC[C@@H](C)O3)cc1. The predicted octanol–water partition coefficient (Wildman–Crippen LogP) is 7.57. The number of hydrogen-bond donors (Lipinski definition) is 3. The van der Waals surface area contributed by atoms with E-state index in [0.29, 0.717) is 64.7 Å². The monoisotopic (exact) mass is 714 g/mol. The molecule has 0 radical (unpaired) electrons. The number of nitrogens with zero attached hydrogens (tertiary/aromatic N) is 2. The van der Waals surface area contributed by atoms with E-state index < -0.39 is 12.1 Å². The number of amides is 3. The molecule has 12 heteroatoms. The highest BCUT2D eigenvalue weighted by atomic mass is 35.5. The van der Waals surface area contributed by atoms with Crippen molar-refractivity contribution in [3.8, 4) is 11.5 Å². The molecule has 4 rings (SSSR count). The van der Waals surface area contributed by atoms with Crippen molar-refractivity contribution in [3.05, 3.63) is 81.8 Å². The van der Waals surface area contributed by atoms with Crippen molar-refractivity contribution < 1.29 is 28.9 Å². The number of carbonyl (C=O) groups is 2. The van der Waals surface area contributed by atoms with Gasteiger partial charge < -0.3 is 34.9 Å². The van der Waals surface area contributed by atoms with Crippen LogP contribution in [0.15, 0.2) is 60.7 Å². The van der Waals surface area contributed by atoms with Crippen LogP contribution < -0.4 is 20.1 Å². The van der Waals surface area contributed by atoms with Gasteiger partial charge in [-0.25, -0.2) is 4.79 Å². The number of urea groups is 1. The molecule has 0 aromatic heterocycles. The molecule has 4 atom stereocenters. The van der Waals surface area contributed by atoms with Crippen LogP contribution in [0.4, 0.5) is 16.2 Å². The summed E-state index contributed by atoms with van der Waals surface area (Å²) < 4.78 is 18.0. The number of hydrogen-bond acceptors (Lipinski definition) is 7. The molecule has 0 fully saturated rings. The number of fused-ring (bicyclic) bond motifs is 1. The maximum atomic E-state index is 14.4. The minimum Gasteiger partial charge on any atom is -0.497 e. The van der Waals surface area contributed by atoms with E-state index in [2.05, 4.69) is 22.5 Å². The van der Waals surface area contributed by atoms with E-state index >= 15 is 0 Å². The van der Waals surface area contributed by atoms with E-state index in [9.17, 15) is 14.7 Å². The highest BCUT2D eigenvalue weighted by Crippen LogP contribution is 2.29. The van der Waals surface area contributed by atoms with Crippen LogP contribution in [0.3, 0.4) is 0 Å². The molecule has 0 spiro atoms. The Hall–Kier alpha value is -3.54. The van der Waals surface area contributed by atoms with Crippen LogP contribution >= 0.6 is 23.2 Å². The average molecular weight is 716 g/mol. The Labute approximate surface area is 299 Å². The maximum absolute atomic E-state index is 14.4. The number of aliphatic hydroxyl groups excluding tert-OH is 1. The summed E-state index contributed by atoms with van der Waals surface area (Å²) in [5, 5.41) is 16.9. The number of methoxy groups -OCH3 is 1. The predicted molar refractivity (Wildman–Crippen MR) is 195 cm³/mol. The lowest BCUT2D eigenvalue weighted by Gasteiger charge is -2.36. The van der Waals surface area contributed by atoms with E-state index in [1.54, 1.807) is 60.5 Å². The third kappa shape index (κ3) is 11.2. The number of benzene rings is 3. The zero-order valence-corrected chi connectivity index (χ0v) is 30.4. The molecular weight excluding hydrogens is 667 g/mol. The summed E-state index contributed by atoms with van der Waals surface area (Å²) in [5.41, 5.74) is 2.34. The Balaban J connectivity index is 1.57. The van der Waals surface area contributed by atoms with Gasteiger partial charge in [-0.3, -0.25) is 9.69 Å². The smallest absolute Gasteiger partial charge is 0.323 e. The Bertz CT molecular complexity index is 1540. The van der Waals surface area contributed by atoms with E-state index in [4.69, 9.17) is 37.4 Å². The van der Waals surface area contributed by atoms with Crippen molar-refractivity contribution >= 4 is 46.5 Å². The zero-order valence-electron chi connectivity index (χ0n) is 28.9. The molecule has 49 heavy (non-hydrogen) atoms. The molecule has 10 nitrogen and oxygen atoms in total. The average Bonchev–Trinajstić information content (AvgIpc) is 3.08. The topological polar surface area (TPSA) is 113 Å². The quantitative estimate of drug-likeness (QED) is 0.210. The molecular formula is C37H48Cl2N4O6. The minimum absolute atomic E-state index is 0.0861. The number of ether oxygens (including phenoxy) is 3. The molecule has 0 saturated heterocycles. The highest BCUT2D eigenvalue weighted by molar-refractivity contribution is 6.42. The van der Waals surface area contributed by atoms with Gasteiger partial charge in [0.25, 0.3) is 5.91 Å². The van der Waals surface area contributed by atoms with Crippen molar-refractivity contribution in [1.82, 2.24) is 9.80 Å². The molecule has 0 bridgehead atoms. The molecule has 1 aliphatic rings. The van der Waals surface area contributed by atoms with Crippen LogP contribution in [0, 0.1) is 5.92 Å². The van der Waals surface area contributed by atoms with Crippen LogP contribution in [0.1, 0.15) is 56.0 Å². The highest BCUT2D eigenvalue weighted by Gasteiger charge is 2.30. The van der Waals surface area contributed by atoms with Crippen LogP contribution in [0.2, 0.25) is 10.0 Å². The Morgan fingerprint density at radius 1 is 1.04 bits per heavy atom. The Morgan fingerprint density at radius 3 is 2.45 bits per heavy atom. The second-order valence-electron chi connectivity index (χ2n) is 12.8. The molecule has 1 aliphatic heterocycles. The number of nitrogens with one attached hydrogen (secondary N) is 2. The second kappa shape index (κ2) is 18.5. The fourth-order valence-corrected chi connectivity index (χ4v) is 6.07. The van der Waals surface area contributed by atoms with Gasteiger partial charge in [0.2, 0.25) is 0 Å². The van der Waals surface area contributed by atoms with Crippen molar-refractivity contribution in [2.45, 2.75) is 64.8 Å². The van der Waals surface area contributed by atoms with Gasteiger partial charge in [-0.2, -0.15) is 0 Å². The maximum Gasteiger partial charge on any atom is 0.323 e. The Kier molecular flexibility index (Phi) is 14.4. The van der Waals surface area contributed by atoms with Gasteiger partial charge in [-0.05, 0) is 100 Å². The first-order valence-electron chi connectivity index (χ1n) is 16.7.